The third-order valence-electron chi connectivity index (χ3n) is 3.91. The fourth-order valence-electron chi connectivity index (χ4n) is 2.71. The number of likely N-dealkylation sites (tertiary alicyclic amines) is 1. The second kappa shape index (κ2) is 6.99. The Morgan fingerprint density at radius 1 is 1.50 bits per heavy atom. The third-order valence-corrected chi connectivity index (χ3v) is 4.71. The summed E-state index contributed by atoms with van der Waals surface area (Å²) in [5, 5.41) is 12.5. The van der Waals surface area contributed by atoms with Crippen LogP contribution < -0.4 is 5.32 Å². The average molecular weight is 294 g/mol. The number of piperidine rings is 1. The fraction of sp³-hybridized carbons (Fsp3) is 0.533. The first kappa shape index (κ1) is 15.2. The number of rotatable bonds is 3. The molecular formula is C15H22N2O2S. The zero-order valence-corrected chi connectivity index (χ0v) is 12.8. The van der Waals surface area contributed by atoms with Crippen LogP contribution in [0, 0.1) is 5.92 Å². The van der Waals surface area contributed by atoms with Gasteiger partial charge in [-0.25, -0.2) is 4.79 Å². The van der Waals surface area contributed by atoms with Crippen LogP contribution in [0.1, 0.15) is 19.8 Å². The lowest BCUT2D eigenvalue weighted by Crippen LogP contribution is -2.51. The highest BCUT2D eigenvalue weighted by molar-refractivity contribution is 7.98. The maximum Gasteiger partial charge on any atom is 0.322 e. The smallest absolute Gasteiger partial charge is 0.322 e. The molecule has 1 heterocycles. The van der Waals surface area contributed by atoms with Crippen molar-refractivity contribution in [2.45, 2.75) is 30.7 Å². The molecule has 0 saturated carbocycles. The van der Waals surface area contributed by atoms with Gasteiger partial charge in [0, 0.05) is 11.4 Å². The van der Waals surface area contributed by atoms with Gasteiger partial charge in [-0.1, -0.05) is 19.1 Å². The van der Waals surface area contributed by atoms with Crippen LogP contribution >= 0.6 is 11.8 Å². The maximum absolute atomic E-state index is 12.4. The molecule has 110 valence electrons. The number of aliphatic hydroxyl groups is 1. The van der Waals surface area contributed by atoms with E-state index in [1.54, 1.807) is 16.7 Å². The van der Waals surface area contributed by atoms with E-state index >= 15 is 0 Å². The Kier molecular flexibility index (Phi) is 5.31. The lowest BCUT2D eigenvalue weighted by Gasteiger charge is -2.39. The zero-order chi connectivity index (χ0) is 14.5. The molecule has 20 heavy (non-hydrogen) atoms. The molecule has 1 fully saturated rings. The molecule has 2 amide bonds. The van der Waals surface area contributed by atoms with Crippen LogP contribution in [0.3, 0.4) is 0 Å². The predicted molar refractivity (Wildman–Crippen MR) is 83.2 cm³/mol. The lowest BCUT2D eigenvalue weighted by molar-refractivity contribution is 0.0811. The number of hydrogen-bond donors (Lipinski definition) is 2. The summed E-state index contributed by atoms with van der Waals surface area (Å²) in [6.07, 6.45) is 4.05. The number of carbonyl (C=O) groups excluding carboxylic acids is 1. The average Bonchev–Trinajstić information content (AvgIpc) is 2.47. The maximum atomic E-state index is 12.4. The molecule has 2 N–H and O–H groups in total. The van der Waals surface area contributed by atoms with E-state index in [1.807, 2.05) is 30.5 Å². The monoisotopic (exact) mass is 294 g/mol. The summed E-state index contributed by atoms with van der Waals surface area (Å²) in [5.74, 6) is 0.343. The molecule has 2 rings (SSSR count). The molecule has 5 heteroatoms. The first-order chi connectivity index (χ1) is 9.67. The van der Waals surface area contributed by atoms with Gasteiger partial charge in [0.15, 0.2) is 0 Å². The van der Waals surface area contributed by atoms with Gasteiger partial charge >= 0.3 is 6.03 Å². The SMILES string of the molecule is CSc1ccccc1NC(=O)N1CCCC(C)C1CO. The van der Waals surface area contributed by atoms with Crippen LogP contribution in [0.15, 0.2) is 29.2 Å². The van der Waals surface area contributed by atoms with Crippen LogP contribution in [0.25, 0.3) is 0 Å². The quantitative estimate of drug-likeness (QED) is 0.843. The molecule has 1 saturated heterocycles. The van der Waals surface area contributed by atoms with Crippen molar-refractivity contribution in [2.75, 3.05) is 24.7 Å². The molecule has 1 aliphatic rings. The van der Waals surface area contributed by atoms with Crippen LogP contribution in [-0.2, 0) is 0 Å². The van der Waals surface area contributed by atoms with Gasteiger partial charge in [-0.3, -0.25) is 0 Å². The van der Waals surface area contributed by atoms with E-state index in [1.165, 1.54) is 0 Å². The van der Waals surface area contributed by atoms with E-state index in [2.05, 4.69) is 12.2 Å². The topological polar surface area (TPSA) is 52.6 Å². The first-order valence-corrected chi connectivity index (χ1v) is 8.21. The van der Waals surface area contributed by atoms with Crippen molar-refractivity contribution in [1.29, 1.82) is 0 Å². The Balaban J connectivity index is 2.10. The Hall–Kier alpha value is -1.20. The van der Waals surface area contributed by atoms with Gasteiger partial charge in [0.2, 0.25) is 0 Å². The number of anilines is 1. The number of hydrogen-bond acceptors (Lipinski definition) is 3. The number of aliphatic hydroxyl groups excluding tert-OH is 1. The van der Waals surface area contributed by atoms with E-state index in [-0.39, 0.29) is 18.7 Å². The van der Waals surface area contributed by atoms with Crippen molar-refractivity contribution in [3.63, 3.8) is 0 Å². The van der Waals surface area contributed by atoms with Gasteiger partial charge < -0.3 is 15.3 Å². The van der Waals surface area contributed by atoms with Crippen LogP contribution in [0.4, 0.5) is 10.5 Å². The molecule has 1 aromatic carbocycles. The fourth-order valence-corrected chi connectivity index (χ4v) is 3.27. The molecule has 0 radical (unpaired) electrons. The number of carbonyl (C=O) groups is 1. The number of urea groups is 1. The Morgan fingerprint density at radius 2 is 2.25 bits per heavy atom. The molecule has 0 aliphatic carbocycles. The van der Waals surface area contributed by atoms with Gasteiger partial charge in [0.1, 0.15) is 0 Å². The highest BCUT2D eigenvalue weighted by Crippen LogP contribution is 2.27. The Morgan fingerprint density at radius 3 is 2.95 bits per heavy atom. The molecule has 4 nitrogen and oxygen atoms in total. The first-order valence-electron chi connectivity index (χ1n) is 6.99. The summed E-state index contributed by atoms with van der Waals surface area (Å²) in [6.45, 7) is 2.83. The minimum atomic E-state index is -0.114. The number of nitrogens with zero attached hydrogens (tertiary/aromatic N) is 1. The zero-order valence-electron chi connectivity index (χ0n) is 12.0. The van der Waals surface area contributed by atoms with Crippen LogP contribution in [0.5, 0.6) is 0 Å². The summed E-state index contributed by atoms with van der Waals surface area (Å²) < 4.78 is 0. The number of nitrogens with one attached hydrogen (secondary N) is 1. The highest BCUT2D eigenvalue weighted by Gasteiger charge is 2.31. The highest BCUT2D eigenvalue weighted by atomic mass is 32.2. The molecular weight excluding hydrogens is 272 g/mol. The number of thioether (sulfide) groups is 1. The third kappa shape index (κ3) is 3.27. The van der Waals surface area contributed by atoms with Gasteiger partial charge in [-0.2, -0.15) is 0 Å². The van der Waals surface area contributed by atoms with E-state index in [4.69, 9.17) is 0 Å². The van der Waals surface area contributed by atoms with E-state index in [0.29, 0.717) is 12.5 Å². The summed E-state index contributed by atoms with van der Waals surface area (Å²) in [5.41, 5.74) is 0.833. The van der Waals surface area contributed by atoms with Crippen LogP contribution in [0.2, 0.25) is 0 Å². The molecule has 0 aromatic heterocycles. The van der Waals surface area contributed by atoms with Gasteiger partial charge in [0.25, 0.3) is 0 Å². The summed E-state index contributed by atoms with van der Waals surface area (Å²) >= 11 is 1.61. The molecule has 1 aromatic rings. The van der Waals surface area contributed by atoms with E-state index in [0.717, 1.165) is 23.4 Å². The molecule has 0 bridgehead atoms. The molecule has 2 atom stereocenters. The van der Waals surface area contributed by atoms with Crippen molar-refractivity contribution in [1.82, 2.24) is 4.90 Å². The number of benzene rings is 1. The van der Waals surface area contributed by atoms with Crippen molar-refractivity contribution in [3.05, 3.63) is 24.3 Å². The predicted octanol–water partition coefficient (Wildman–Crippen LogP) is 3.03. The number of amides is 2. The van der Waals surface area contributed by atoms with E-state index < -0.39 is 0 Å². The van der Waals surface area contributed by atoms with Crippen molar-refractivity contribution in [3.8, 4) is 0 Å². The largest absolute Gasteiger partial charge is 0.394 e. The van der Waals surface area contributed by atoms with Gasteiger partial charge in [-0.15, -0.1) is 11.8 Å². The lowest BCUT2D eigenvalue weighted by atomic mass is 9.91. The van der Waals surface area contributed by atoms with Crippen molar-refractivity contribution >= 4 is 23.5 Å². The minimum absolute atomic E-state index is 0.0265. The van der Waals surface area contributed by atoms with E-state index in [9.17, 15) is 9.90 Å². The second-order valence-electron chi connectivity index (χ2n) is 5.19. The second-order valence-corrected chi connectivity index (χ2v) is 6.04. The number of para-hydroxylation sites is 1. The summed E-state index contributed by atoms with van der Waals surface area (Å²) in [4.78, 5) is 15.3. The molecule has 2 unspecified atom stereocenters. The van der Waals surface area contributed by atoms with Gasteiger partial charge in [0.05, 0.1) is 18.3 Å². The Bertz CT molecular complexity index is 467. The molecule has 1 aliphatic heterocycles. The molecule has 0 spiro atoms. The summed E-state index contributed by atoms with van der Waals surface area (Å²) in [7, 11) is 0. The van der Waals surface area contributed by atoms with Gasteiger partial charge in [-0.05, 0) is 37.1 Å². The minimum Gasteiger partial charge on any atom is -0.394 e. The van der Waals surface area contributed by atoms with Crippen LogP contribution in [-0.4, -0.2) is 41.5 Å². The Labute approximate surface area is 124 Å². The van der Waals surface area contributed by atoms with Crippen molar-refractivity contribution < 1.29 is 9.90 Å². The summed E-state index contributed by atoms with van der Waals surface area (Å²) in [6, 6.07) is 7.58. The standard InChI is InChI=1S/C15H22N2O2S/c1-11-6-5-9-17(13(11)10-18)15(19)16-12-7-3-4-8-14(12)20-2/h3-4,7-8,11,13,18H,5-6,9-10H2,1-2H3,(H,16,19). The van der Waals surface area contributed by atoms with Crippen molar-refractivity contribution in [2.24, 2.45) is 5.92 Å². The normalized spacial score (nSPS) is 22.6.